The van der Waals surface area contributed by atoms with Crippen molar-refractivity contribution in [3.63, 3.8) is 0 Å². The van der Waals surface area contributed by atoms with Crippen LogP contribution in [0.4, 0.5) is 0 Å². The average Bonchev–Trinajstić information content (AvgIpc) is 2.56. The Hall–Kier alpha value is -3.06. The summed E-state index contributed by atoms with van der Waals surface area (Å²) in [5, 5.41) is 2.66. The molecular formula is C19H18N2O2. The van der Waals surface area contributed by atoms with E-state index in [0.29, 0.717) is 0 Å². The second-order valence-electron chi connectivity index (χ2n) is 5.13. The Balaban J connectivity index is 2.33. The fourth-order valence-electron chi connectivity index (χ4n) is 2.38. The van der Waals surface area contributed by atoms with E-state index in [-0.39, 0.29) is 12.3 Å². The number of hydrogen-bond donors (Lipinski definition) is 2. The van der Waals surface area contributed by atoms with Gasteiger partial charge in [0.15, 0.2) is 0 Å². The lowest BCUT2D eigenvalue weighted by atomic mass is 9.90. The molecule has 0 unspecified atom stereocenters. The van der Waals surface area contributed by atoms with Crippen molar-refractivity contribution in [1.29, 1.82) is 0 Å². The van der Waals surface area contributed by atoms with Crippen LogP contribution in [0.15, 0.2) is 60.7 Å². The first-order valence-electron chi connectivity index (χ1n) is 7.26. The Morgan fingerprint density at radius 1 is 1.00 bits per heavy atom. The molecule has 0 aromatic heterocycles. The minimum absolute atomic E-state index is 0.0668. The number of carbonyl (C=O) groups excluding carboxylic acids is 2. The molecule has 0 heterocycles. The summed E-state index contributed by atoms with van der Waals surface area (Å²) >= 11 is 0. The highest BCUT2D eigenvalue weighted by atomic mass is 16.2. The standard InChI is InChI=1S/C19H18N2O2/c1-2-9-16(18(20)22)21-19(23)17(14-10-5-3-6-11-14)15-12-7-4-8-13-15/h1,3-8,10-13,16-17H,9H2,(H2,20,22)(H,21,23)/t16-/m0/s1. The van der Waals surface area contributed by atoms with Crippen LogP contribution >= 0.6 is 0 Å². The van der Waals surface area contributed by atoms with E-state index in [1.54, 1.807) is 0 Å². The van der Waals surface area contributed by atoms with Crippen LogP contribution in [0.25, 0.3) is 0 Å². The molecule has 2 rings (SSSR count). The first-order chi connectivity index (χ1) is 11.1. The largest absolute Gasteiger partial charge is 0.368 e. The normalized spacial score (nSPS) is 11.5. The molecule has 0 saturated carbocycles. The van der Waals surface area contributed by atoms with Gasteiger partial charge in [-0.3, -0.25) is 9.59 Å². The van der Waals surface area contributed by atoms with Gasteiger partial charge < -0.3 is 11.1 Å². The maximum atomic E-state index is 12.7. The van der Waals surface area contributed by atoms with Gasteiger partial charge in [-0.1, -0.05) is 60.7 Å². The molecule has 0 aliphatic heterocycles. The van der Waals surface area contributed by atoms with Crippen LogP contribution in [0.3, 0.4) is 0 Å². The van der Waals surface area contributed by atoms with Crippen LogP contribution in [0.2, 0.25) is 0 Å². The molecule has 116 valence electrons. The molecule has 2 aromatic carbocycles. The summed E-state index contributed by atoms with van der Waals surface area (Å²) in [5.41, 5.74) is 6.97. The van der Waals surface area contributed by atoms with Gasteiger partial charge in [0.25, 0.3) is 0 Å². The molecule has 2 amide bonds. The van der Waals surface area contributed by atoms with Crippen LogP contribution in [-0.4, -0.2) is 17.9 Å². The van der Waals surface area contributed by atoms with Gasteiger partial charge in [0, 0.05) is 6.42 Å². The third-order valence-corrected chi connectivity index (χ3v) is 3.51. The highest BCUT2D eigenvalue weighted by molar-refractivity contribution is 5.92. The predicted octanol–water partition coefficient (Wildman–Crippen LogP) is 1.81. The maximum Gasteiger partial charge on any atom is 0.240 e. The molecule has 0 bridgehead atoms. The number of rotatable bonds is 6. The van der Waals surface area contributed by atoms with E-state index >= 15 is 0 Å². The molecule has 0 radical (unpaired) electrons. The zero-order valence-corrected chi connectivity index (χ0v) is 12.6. The Morgan fingerprint density at radius 3 is 1.87 bits per heavy atom. The summed E-state index contributed by atoms with van der Waals surface area (Å²) in [5.74, 6) is 0.880. The van der Waals surface area contributed by atoms with E-state index in [2.05, 4.69) is 11.2 Å². The Bertz CT molecular complexity index is 666. The predicted molar refractivity (Wildman–Crippen MR) is 89.3 cm³/mol. The van der Waals surface area contributed by atoms with Crippen LogP contribution in [-0.2, 0) is 9.59 Å². The van der Waals surface area contributed by atoms with Gasteiger partial charge in [-0.25, -0.2) is 0 Å². The van der Waals surface area contributed by atoms with Gasteiger partial charge in [-0.05, 0) is 11.1 Å². The second-order valence-corrected chi connectivity index (χ2v) is 5.13. The van der Waals surface area contributed by atoms with E-state index in [1.165, 1.54) is 0 Å². The van der Waals surface area contributed by atoms with E-state index < -0.39 is 17.9 Å². The van der Waals surface area contributed by atoms with E-state index in [1.807, 2.05) is 60.7 Å². The van der Waals surface area contributed by atoms with Gasteiger partial charge in [0.05, 0.1) is 5.92 Å². The SMILES string of the molecule is C#CC[C@H](NC(=O)C(c1ccccc1)c1ccccc1)C(N)=O. The van der Waals surface area contributed by atoms with E-state index in [0.717, 1.165) is 11.1 Å². The molecule has 23 heavy (non-hydrogen) atoms. The smallest absolute Gasteiger partial charge is 0.240 e. The number of carbonyl (C=O) groups is 2. The van der Waals surface area contributed by atoms with Crippen LogP contribution in [0.1, 0.15) is 23.5 Å². The van der Waals surface area contributed by atoms with Gasteiger partial charge in [-0.15, -0.1) is 12.3 Å². The third-order valence-electron chi connectivity index (χ3n) is 3.51. The number of terminal acetylenes is 1. The monoisotopic (exact) mass is 306 g/mol. The lowest BCUT2D eigenvalue weighted by molar-refractivity contribution is -0.127. The van der Waals surface area contributed by atoms with Gasteiger partial charge in [-0.2, -0.15) is 0 Å². The summed E-state index contributed by atoms with van der Waals surface area (Å²) in [6, 6.07) is 17.9. The second kappa shape index (κ2) is 7.81. The number of benzene rings is 2. The molecular weight excluding hydrogens is 288 g/mol. The molecule has 4 heteroatoms. The molecule has 0 spiro atoms. The van der Waals surface area contributed by atoms with Crippen LogP contribution in [0, 0.1) is 12.3 Å². The molecule has 0 aliphatic rings. The minimum atomic E-state index is -0.873. The van der Waals surface area contributed by atoms with Crippen molar-refractivity contribution in [2.45, 2.75) is 18.4 Å². The number of nitrogens with one attached hydrogen (secondary N) is 1. The highest BCUT2D eigenvalue weighted by Gasteiger charge is 2.26. The molecule has 0 saturated heterocycles. The highest BCUT2D eigenvalue weighted by Crippen LogP contribution is 2.24. The summed E-state index contributed by atoms with van der Waals surface area (Å²) in [7, 11) is 0. The van der Waals surface area contributed by atoms with Crippen LogP contribution in [0.5, 0.6) is 0 Å². The van der Waals surface area contributed by atoms with Crippen molar-refractivity contribution in [3.05, 3.63) is 71.8 Å². The summed E-state index contributed by atoms with van der Waals surface area (Å²) in [4.78, 5) is 24.2. The molecule has 0 aliphatic carbocycles. The van der Waals surface area contributed by atoms with Gasteiger partial charge in [0.2, 0.25) is 11.8 Å². The number of nitrogens with two attached hydrogens (primary N) is 1. The number of primary amides is 1. The van der Waals surface area contributed by atoms with Crippen molar-refractivity contribution in [1.82, 2.24) is 5.32 Å². The van der Waals surface area contributed by atoms with E-state index in [4.69, 9.17) is 12.2 Å². The third kappa shape index (κ3) is 4.21. The van der Waals surface area contributed by atoms with Crippen LogP contribution < -0.4 is 11.1 Å². The van der Waals surface area contributed by atoms with Crippen molar-refractivity contribution in [3.8, 4) is 12.3 Å². The Kier molecular flexibility index (Phi) is 5.54. The zero-order chi connectivity index (χ0) is 16.7. The molecule has 4 nitrogen and oxygen atoms in total. The average molecular weight is 306 g/mol. The van der Waals surface area contributed by atoms with Crippen molar-refractivity contribution in [2.75, 3.05) is 0 Å². The number of hydrogen-bond acceptors (Lipinski definition) is 2. The Labute approximate surface area is 135 Å². The first-order valence-corrected chi connectivity index (χ1v) is 7.26. The Morgan fingerprint density at radius 2 is 1.48 bits per heavy atom. The molecule has 2 aromatic rings. The van der Waals surface area contributed by atoms with E-state index in [9.17, 15) is 9.59 Å². The maximum absolute atomic E-state index is 12.7. The fourth-order valence-corrected chi connectivity index (χ4v) is 2.38. The van der Waals surface area contributed by atoms with Crippen molar-refractivity contribution < 1.29 is 9.59 Å². The van der Waals surface area contributed by atoms with Gasteiger partial charge >= 0.3 is 0 Å². The molecule has 1 atom stereocenters. The van der Waals surface area contributed by atoms with Gasteiger partial charge in [0.1, 0.15) is 6.04 Å². The summed E-state index contributed by atoms with van der Waals surface area (Å²) in [6.45, 7) is 0. The summed E-state index contributed by atoms with van der Waals surface area (Å²) in [6.07, 6.45) is 5.30. The van der Waals surface area contributed by atoms with Crippen molar-refractivity contribution in [2.24, 2.45) is 5.73 Å². The van der Waals surface area contributed by atoms with Crippen molar-refractivity contribution >= 4 is 11.8 Å². The fraction of sp³-hybridized carbons (Fsp3) is 0.158. The topological polar surface area (TPSA) is 72.2 Å². The quantitative estimate of drug-likeness (QED) is 0.799. The lowest BCUT2D eigenvalue weighted by Crippen LogP contribution is -2.46. The first kappa shape index (κ1) is 16.3. The zero-order valence-electron chi connectivity index (χ0n) is 12.6. The number of amides is 2. The molecule has 3 N–H and O–H groups in total. The lowest BCUT2D eigenvalue weighted by Gasteiger charge is -2.20. The molecule has 0 fully saturated rings. The minimum Gasteiger partial charge on any atom is -0.368 e. The summed E-state index contributed by atoms with van der Waals surface area (Å²) < 4.78 is 0.